The summed E-state index contributed by atoms with van der Waals surface area (Å²) in [7, 11) is 2.02. The van der Waals surface area contributed by atoms with E-state index in [9.17, 15) is 0 Å². The summed E-state index contributed by atoms with van der Waals surface area (Å²) in [5.74, 6) is 0.870. The van der Waals surface area contributed by atoms with Crippen LogP contribution >= 0.6 is 0 Å². The lowest BCUT2D eigenvalue weighted by Crippen LogP contribution is -2.26. The third-order valence-electron chi connectivity index (χ3n) is 4.93. The van der Waals surface area contributed by atoms with E-state index in [-0.39, 0.29) is 0 Å². The maximum absolute atomic E-state index is 3.28. The fourth-order valence-corrected chi connectivity index (χ4v) is 3.50. The molecule has 1 N–H and O–H groups in total. The van der Waals surface area contributed by atoms with Crippen molar-refractivity contribution in [2.24, 2.45) is 11.3 Å². The first kappa shape index (κ1) is 16.5. The van der Waals surface area contributed by atoms with Gasteiger partial charge in [-0.1, -0.05) is 45.0 Å². The summed E-state index contributed by atoms with van der Waals surface area (Å²) in [5, 5.41) is 3.28. The minimum absolute atomic E-state index is 0.458. The van der Waals surface area contributed by atoms with Crippen molar-refractivity contribution in [3.8, 4) is 0 Å². The maximum atomic E-state index is 3.28. The highest BCUT2D eigenvalue weighted by Gasteiger charge is 2.27. The van der Waals surface area contributed by atoms with Crippen molar-refractivity contribution in [3.05, 3.63) is 35.4 Å². The van der Waals surface area contributed by atoms with Crippen LogP contribution in [0.4, 0.5) is 0 Å². The molecule has 0 spiro atoms. The van der Waals surface area contributed by atoms with Crippen molar-refractivity contribution in [2.75, 3.05) is 20.1 Å². The molecule has 1 aliphatic heterocycles. The van der Waals surface area contributed by atoms with Crippen LogP contribution in [-0.2, 0) is 13.1 Å². The van der Waals surface area contributed by atoms with Crippen LogP contribution in [0.1, 0.15) is 51.2 Å². The SMILES string of the molecule is CNCc1ccccc1CN1CCCC(C(C)(C)C)CC1. The molecule has 2 nitrogen and oxygen atoms in total. The Morgan fingerprint density at radius 1 is 1.10 bits per heavy atom. The van der Waals surface area contributed by atoms with Crippen LogP contribution in [-0.4, -0.2) is 25.0 Å². The van der Waals surface area contributed by atoms with Gasteiger partial charge in [0.15, 0.2) is 0 Å². The molecule has 1 saturated heterocycles. The van der Waals surface area contributed by atoms with E-state index in [2.05, 4.69) is 55.3 Å². The first-order chi connectivity index (χ1) is 10.0. The molecule has 0 aliphatic carbocycles. The summed E-state index contributed by atoms with van der Waals surface area (Å²) >= 11 is 0. The predicted molar refractivity (Wildman–Crippen MR) is 91.3 cm³/mol. The molecule has 0 amide bonds. The minimum atomic E-state index is 0.458. The summed E-state index contributed by atoms with van der Waals surface area (Å²) in [5.41, 5.74) is 3.39. The average molecular weight is 288 g/mol. The van der Waals surface area contributed by atoms with Gasteiger partial charge >= 0.3 is 0 Å². The molecule has 21 heavy (non-hydrogen) atoms. The third kappa shape index (κ3) is 4.82. The first-order valence-corrected chi connectivity index (χ1v) is 8.44. The highest BCUT2D eigenvalue weighted by Crippen LogP contribution is 2.34. The van der Waals surface area contributed by atoms with Gasteiger partial charge < -0.3 is 5.32 Å². The molecule has 1 aliphatic rings. The maximum Gasteiger partial charge on any atom is 0.0236 e. The van der Waals surface area contributed by atoms with E-state index in [1.54, 1.807) is 0 Å². The fraction of sp³-hybridized carbons (Fsp3) is 0.684. The Morgan fingerprint density at radius 3 is 2.48 bits per heavy atom. The van der Waals surface area contributed by atoms with E-state index in [0.29, 0.717) is 5.41 Å². The van der Waals surface area contributed by atoms with Gasteiger partial charge in [-0.3, -0.25) is 4.90 Å². The molecular formula is C19H32N2. The average Bonchev–Trinajstić information content (AvgIpc) is 2.66. The zero-order chi connectivity index (χ0) is 15.3. The third-order valence-corrected chi connectivity index (χ3v) is 4.93. The normalized spacial score (nSPS) is 21.2. The van der Waals surface area contributed by atoms with Gasteiger partial charge in [0, 0.05) is 13.1 Å². The monoisotopic (exact) mass is 288 g/mol. The number of nitrogens with zero attached hydrogens (tertiary/aromatic N) is 1. The molecule has 2 rings (SSSR count). The number of benzene rings is 1. The molecule has 0 saturated carbocycles. The Hall–Kier alpha value is -0.860. The quantitative estimate of drug-likeness (QED) is 0.899. The van der Waals surface area contributed by atoms with Gasteiger partial charge in [0.1, 0.15) is 0 Å². The van der Waals surface area contributed by atoms with Gasteiger partial charge in [-0.15, -0.1) is 0 Å². The Morgan fingerprint density at radius 2 is 1.81 bits per heavy atom. The molecule has 0 radical (unpaired) electrons. The molecule has 118 valence electrons. The van der Waals surface area contributed by atoms with Crippen LogP contribution < -0.4 is 5.32 Å². The zero-order valence-corrected chi connectivity index (χ0v) is 14.3. The lowest BCUT2D eigenvalue weighted by Gasteiger charge is -2.30. The lowest BCUT2D eigenvalue weighted by molar-refractivity contribution is 0.206. The Labute approximate surface area is 130 Å². The number of likely N-dealkylation sites (tertiary alicyclic amines) is 1. The van der Waals surface area contributed by atoms with Gasteiger partial charge in [-0.05, 0) is 61.9 Å². The van der Waals surface area contributed by atoms with Crippen molar-refractivity contribution in [3.63, 3.8) is 0 Å². The van der Waals surface area contributed by atoms with Gasteiger partial charge in [0.25, 0.3) is 0 Å². The van der Waals surface area contributed by atoms with Gasteiger partial charge in [-0.2, -0.15) is 0 Å². The smallest absolute Gasteiger partial charge is 0.0236 e. The lowest BCUT2D eigenvalue weighted by atomic mass is 9.77. The van der Waals surface area contributed by atoms with E-state index in [4.69, 9.17) is 0 Å². The summed E-state index contributed by atoms with van der Waals surface area (Å²) in [6, 6.07) is 8.86. The molecule has 1 fully saturated rings. The van der Waals surface area contributed by atoms with Gasteiger partial charge in [0.2, 0.25) is 0 Å². The fourth-order valence-electron chi connectivity index (χ4n) is 3.50. The van der Waals surface area contributed by atoms with Crippen molar-refractivity contribution >= 4 is 0 Å². The Kier molecular flexibility index (Phi) is 5.83. The summed E-state index contributed by atoms with van der Waals surface area (Å²) in [4.78, 5) is 2.65. The molecule has 1 unspecified atom stereocenters. The van der Waals surface area contributed by atoms with Crippen LogP contribution in [0.3, 0.4) is 0 Å². The molecule has 0 aromatic heterocycles. The van der Waals surface area contributed by atoms with Crippen molar-refractivity contribution < 1.29 is 0 Å². The summed E-state index contributed by atoms with van der Waals surface area (Å²) in [6.07, 6.45) is 4.08. The molecule has 1 atom stereocenters. The number of nitrogens with one attached hydrogen (secondary N) is 1. The van der Waals surface area contributed by atoms with E-state index >= 15 is 0 Å². The predicted octanol–water partition coefficient (Wildman–Crippen LogP) is 4.05. The van der Waals surface area contributed by atoms with Crippen molar-refractivity contribution in [1.82, 2.24) is 10.2 Å². The molecule has 2 heteroatoms. The topological polar surface area (TPSA) is 15.3 Å². The molecule has 1 aromatic rings. The molecule has 0 bridgehead atoms. The number of hydrogen-bond donors (Lipinski definition) is 1. The number of rotatable bonds is 4. The highest BCUT2D eigenvalue weighted by molar-refractivity contribution is 5.27. The summed E-state index contributed by atoms with van der Waals surface area (Å²) < 4.78 is 0. The molecule has 1 aromatic carbocycles. The van der Waals surface area contributed by atoms with Crippen LogP contribution in [0.25, 0.3) is 0 Å². The second-order valence-electron chi connectivity index (χ2n) is 7.57. The second-order valence-corrected chi connectivity index (χ2v) is 7.57. The largest absolute Gasteiger partial charge is 0.316 e. The van der Waals surface area contributed by atoms with Crippen LogP contribution in [0.2, 0.25) is 0 Å². The first-order valence-electron chi connectivity index (χ1n) is 8.44. The molecule has 1 heterocycles. The Balaban J connectivity index is 1.98. The minimum Gasteiger partial charge on any atom is -0.316 e. The van der Waals surface area contributed by atoms with E-state index in [1.807, 2.05) is 7.05 Å². The van der Waals surface area contributed by atoms with Crippen LogP contribution in [0.5, 0.6) is 0 Å². The summed E-state index contributed by atoms with van der Waals surface area (Å²) in [6.45, 7) is 11.8. The van der Waals surface area contributed by atoms with E-state index < -0.39 is 0 Å². The second kappa shape index (κ2) is 7.42. The number of hydrogen-bond acceptors (Lipinski definition) is 2. The molecular weight excluding hydrogens is 256 g/mol. The van der Waals surface area contributed by atoms with Crippen molar-refractivity contribution in [1.29, 1.82) is 0 Å². The van der Waals surface area contributed by atoms with Crippen LogP contribution in [0, 0.1) is 11.3 Å². The van der Waals surface area contributed by atoms with Gasteiger partial charge in [-0.25, -0.2) is 0 Å². The van der Waals surface area contributed by atoms with Crippen molar-refractivity contribution in [2.45, 2.75) is 53.1 Å². The standard InChI is InChI=1S/C19H32N2/c1-19(2,3)18-10-7-12-21(13-11-18)15-17-9-6-5-8-16(17)14-20-4/h5-6,8-9,18,20H,7,10-15H2,1-4H3. The highest BCUT2D eigenvalue weighted by atomic mass is 15.1. The van der Waals surface area contributed by atoms with E-state index in [0.717, 1.165) is 19.0 Å². The Bertz CT molecular complexity index is 433. The van der Waals surface area contributed by atoms with E-state index in [1.165, 1.54) is 43.5 Å². The zero-order valence-electron chi connectivity index (χ0n) is 14.3. The van der Waals surface area contributed by atoms with Crippen LogP contribution in [0.15, 0.2) is 24.3 Å². The van der Waals surface area contributed by atoms with Gasteiger partial charge in [0.05, 0.1) is 0 Å².